The van der Waals surface area contributed by atoms with E-state index in [0.717, 1.165) is 5.69 Å². The van der Waals surface area contributed by atoms with E-state index in [1.54, 1.807) is 0 Å². The van der Waals surface area contributed by atoms with E-state index in [2.05, 4.69) is 0 Å². The lowest BCUT2D eigenvalue weighted by molar-refractivity contribution is 0.0950. The Balaban J connectivity index is 2.72. The van der Waals surface area contributed by atoms with Gasteiger partial charge in [0.25, 0.3) is 0 Å². The lowest BCUT2D eigenvalue weighted by atomic mass is 10.3. The molecule has 1 heterocycles. The zero-order valence-electron chi connectivity index (χ0n) is 7.74. The molecular weight excluding hydrogens is 152 g/mol. The molecule has 0 atom stereocenters. The lowest BCUT2D eigenvalue weighted by Gasteiger charge is -2.08. The summed E-state index contributed by atoms with van der Waals surface area (Å²) in [5, 5.41) is 0. The fourth-order valence-electron chi connectivity index (χ4n) is 1.12. The molecular formula is C9H14N2O. The van der Waals surface area contributed by atoms with E-state index in [1.807, 2.05) is 48.9 Å². The van der Waals surface area contributed by atoms with Gasteiger partial charge in [0, 0.05) is 13.2 Å². The van der Waals surface area contributed by atoms with Crippen molar-refractivity contribution in [3.8, 4) is 0 Å². The Morgan fingerprint density at radius 3 is 2.67 bits per heavy atom. The summed E-state index contributed by atoms with van der Waals surface area (Å²) in [5.74, 6) is 0.160. The van der Waals surface area contributed by atoms with Gasteiger partial charge in [0.15, 0.2) is 5.78 Å². The third kappa shape index (κ3) is 1.95. The molecule has 1 rings (SSSR count). The maximum atomic E-state index is 11.5. The highest BCUT2D eigenvalue weighted by Crippen LogP contribution is 2.00. The van der Waals surface area contributed by atoms with Crippen LogP contribution in [0.1, 0.15) is 10.5 Å². The fraction of sp³-hybridized carbons (Fsp3) is 0.444. The van der Waals surface area contributed by atoms with Crippen molar-refractivity contribution in [2.75, 3.05) is 20.6 Å². The van der Waals surface area contributed by atoms with Gasteiger partial charge in [-0.2, -0.15) is 0 Å². The highest BCUT2D eigenvalue weighted by atomic mass is 16.1. The fourth-order valence-corrected chi connectivity index (χ4v) is 1.12. The summed E-state index contributed by atoms with van der Waals surface area (Å²) < 4.78 is 1.84. The predicted octanol–water partition coefficient (Wildman–Crippen LogP) is 0.769. The van der Waals surface area contributed by atoms with Crippen molar-refractivity contribution in [2.24, 2.45) is 7.05 Å². The van der Waals surface area contributed by atoms with Crippen molar-refractivity contribution in [1.82, 2.24) is 9.47 Å². The number of likely N-dealkylation sites (N-methyl/N-ethyl adjacent to an activating group) is 1. The molecule has 0 aliphatic heterocycles. The SMILES string of the molecule is CN(C)CC(=O)c1cccn1C. The Labute approximate surface area is 72.6 Å². The van der Waals surface area contributed by atoms with Gasteiger partial charge in [-0.05, 0) is 26.2 Å². The van der Waals surface area contributed by atoms with Gasteiger partial charge in [-0.3, -0.25) is 4.79 Å². The molecule has 12 heavy (non-hydrogen) atoms. The summed E-state index contributed by atoms with van der Waals surface area (Å²) in [6.07, 6.45) is 1.88. The van der Waals surface area contributed by atoms with E-state index >= 15 is 0 Å². The third-order valence-electron chi connectivity index (χ3n) is 1.69. The summed E-state index contributed by atoms with van der Waals surface area (Å²) in [6.45, 7) is 0.470. The van der Waals surface area contributed by atoms with Gasteiger partial charge in [0.05, 0.1) is 12.2 Å². The Morgan fingerprint density at radius 2 is 2.25 bits per heavy atom. The van der Waals surface area contributed by atoms with Crippen LogP contribution in [0.25, 0.3) is 0 Å². The van der Waals surface area contributed by atoms with E-state index < -0.39 is 0 Å². The minimum Gasteiger partial charge on any atom is -0.348 e. The molecule has 0 saturated heterocycles. The van der Waals surface area contributed by atoms with E-state index in [9.17, 15) is 4.79 Å². The Kier molecular flexibility index (Phi) is 2.65. The van der Waals surface area contributed by atoms with E-state index in [4.69, 9.17) is 0 Å². The summed E-state index contributed by atoms with van der Waals surface area (Å²) in [4.78, 5) is 13.3. The van der Waals surface area contributed by atoms with Gasteiger partial charge < -0.3 is 9.47 Å². The van der Waals surface area contributed by atoms with Crippen molar-refractivity contribution in [1.29, 1.82) is 0 Å². The number of nitrogens with zero attached hydrogens (tertiary/aromatic N) is 2. The first kappa shape index (κ1) is 9.00. The smallest absolute Gasteiger partial charge is 0.193 e. The zero-order valence-corrected chi connectivity index (χ0v) is 7.74. The van der Waals surface area contributed by atoms with Crippen molar-refractivity contribution in [3.05, 3.63) is 24.0 Å². The minimum atomic E-state index is 0.160. The lowest BCUT2D eigenvalue weighted by Crippen LogP contribution is -2.23. The molecule has 0 aromatic carbocycles. The summed E-state index contributed by atoms with van der Waals surface area (Å²) in [7, 11) is 5.66. The quantitative estimate of drug-likeness (QED) is 0.620. The van der Waals surface area contributed by atoms with Gasteiger partial charge in [-0.15, -0.1) is 0 Å². The van der Waals surface area contributed by atoms with Crippen LogP contribution in [0.5, 0.6) is 0 Å². The number of carbonyl (C=O) groups excluding carboxylic acids is 1. The first-order valence-corrected chi connectivity index (χ1v) is 3.90. The summed E-state index contributed by atoms with van der Waals surface area (Å²) in [5.41, 5.74) is 0.767. The molecule has 1 aromatic heterocycles. The topological polar surface area (TPSA) is 25.2 Å². The standard InChI is InChI=1S/C9H14N2O/c1-10(2)7-9(12)8-5-4-6-11(8)3/h4-6H,7H2,1-3H3. The summed E-state index contributed by atoms with van der Waals surface area (Å²) >= 11 is 0. The van der Waals surface area contributed by atoms with Gasteiger partial charge in [-0.1, -0.05) is 0 Å². The molecule has 1 aromatic rings. The Hall–Kier alpha value is -1.09. The number of aromatic nitrogens is 1. The van der Waals surface area contributed by atoms with Gasteiger partial charge >= 0.3 is 0 Å². The van der Waals surface area contributed by atoms with Crippen LogP contribution in [0.4, 0.5) is 0 Å². The van der Waals surface area contributed by atoms with Crippen molar-refractivity contribution >= 4 is 5.78 Å². The molecule has 0 aliphatic carbocycles. The molecule has 3 heteroatoms. The first-order valence-electron chi connectivity index (χ1n) is 3.90. The first-order chi connectivity index (χ1) is 5.61. The number of ketones is 1. The average Bonchev–Trinajstić information content (AvgIpc) is 2.33. The van der Waals surface area contributed by atoms with E-state index in [1.165, 1.54) is 0 Å². The van der Waals surface area contributed by atoms with Crippen molar-refractivity contribution in [3.63, 3.8) is 0 Å². The molecule has 0 unspecified atom stereocenters. The molecule has 0 saturated carbocycles. The highest BCUT2D eigenvalue weighted by molar-refractivity contribution is 5.96. The number of hydrogen-bond acceptors (Lipinski definition) is 2. The number of Topliss-reactive ketones (excluding diaryl/α,β-unsaturated/α-hetero) is 1. The molecule has 0 N–H and O–H groups in total. The largest absolute Gasteiger partial charge is 0.348 e. The zero-order chi connectivity index (χ0) is 9.14. The second-order valence-electron chi connectivity index (χ2n) is 3.17. The monoisotopic (exact) mass is 166 g/mol. The number of carbonyl (C=O) groups is 1. The highest BCUT2D eigenvalue weighted by Gasteiger charge is 2.08. The maximum absolute atomic E-state index is 11.5. The second kappa shape index (κ2) is 3.54. The van der Waals surface area contributed by atoms with Crippen LogP contribution in [-0.2, 0) is 7.05 Å². The predicted molar refractivity (Wildman–Crippen MR) is 48.3 cm³/mol. The van der Waals surface area contributed by atoms with Crippen molar-refractivity contribution < 1.29 is 4.79 Å². The molecule has 0 fully saturated rings. The molecule has 3 nitrogen and oxygen atoms in total. The van der Waals surface area contributed by atoms with Crippen LogP contribution in [0.2, 0.25) is 0 Å². The maximum Gasteiger partial charge on any atom is 0.193 e. The third-order valence-corrected chi connectivity index (χ3v) is 1.69. The molecule has 66 valence electrons. The Morgan fingerprint density at radius 1 is 1.58 bits per heavy atom. The molecule has 0 aliphatic rings. The van der Waals surface area contributed by atoms with E-state index in [-0.39, 0.29) is 5.78 Å². The van der Waals surface area contributed by atoms with Crippen LogP contribution in [0, 0.1) is 0 Å². The van der Waals surface area contributed by atoms with Gasteiger partial charge in [0.2, 0.25) is 0 Å². The number of hydrogen-bond donors (Lipinski definition) is 0. The van der Waals surface area contributed by atoms with Crippen LogP contribution in [0.15, 0.2) is 18.3 Å². The molecule has 0 bridgehead atoms. The van der Waals surface area contributed by atoms with Crippen LogP contribution in [-0.4, -0.2) is 35.9 Å². The van der Waals surface area contributed by atoms with Gasteiger partial charge in [-0.25, -0.2) is 0 Å². The second-order valence-corrected chi connectivity index (χ2v) is 3.17. The van der Waals surface area contributed by atoms with Gasteiger partial charge in [0.1, 0.15) is 0 Å². The molecule has 0 radical (unpaired) electrons. The Bertz CT molecular complexity index is 276. The normalized spacial score (nSPS) is 10.7. The summed E-state index contributed by atoms with van der Waals surface area (Å²) in [6, 6.07) is 3.72. The minimum absolute atomic E-state index is 0.160. The van der Waals surface area contributed by atoms with Crippen LogP contribution >= 0.6 is 0 Å². The number of aryl methyl sites for hydroxylation is 1. The molecule has 0 amide bonds. The van der Waals surface area contributed by atoms with Crippen LogP contribution in [0.3, 0.4) is 0 Å². The number of rotatable bonds is 3. The van der Waals surface area contributed by atoms with E-state index in [0.29, 0.717) is 6.54 Å². The van der Waals surface area contributed by atoms with Crippen molar-refractivity contribution in [2.45, 2.75) is 0 Å². The van der Waals surface area contributed by atoms with Crippen LogP contribution < -0.4 is 0 Å². The average molecular weight is 166 g/mol. The molecule has 0 spiro atoms.